The maximum absolute atomic E-state index is 14.0. The van der Waals surface area contributed by atoms with Crippen molar-refractivity contribution in [2.75, 3.05) is 18.5 Å². The number of fused-ring (bicyclic) bond motifs is 2. The van der Waals surface area contributed by atoms with Gasteiger partial charge in [0.2, 0.25) is 11.8 Å². The summed E-state index contributed by atoms with van der Waals surface area (Å²) >= 11 is 0. The van der Waals surface area contributed by atoms with Crippen LogP contribution in [0.15, 0.2) is 30.6 Å². The Morgan fingerprint density at radius 3 is 2.82 bits per heavy atom. The number of pyridine rings is 1. The summed E-state index contributed by atoms with van der Waals surface area (Å²) < 4.78 is 36.2. The molecule has 1 saturated heterocycles. The second kappa shape index (κ2) is 7.23. The lowest BCUT2D eigenvalue weighted by atomic mass is 10.0. The van der Waals surface area contributed by atoms with E-state index in [1.165, 1.54) is 18.2 Å². The molecule has 3 aliphatic rings. The lowest BCUT2D eigenvalue weighted by molar-refractivity contribution is -0.139. The molecule has 1 atom stereocenters. The van der Waals surface area contributed by atoms with Crippen molar-refractivity contribution in [3.8, 4) is 17.1 Å². The maximum Gasteiger partial charge on any atom is 0.352 e. The van der Waals surface area contributed by atoms with E-state index >= 15 is 0 Å². The molecule has 170 valence electrons. The summed E-state index contributed by atoms with van der Waals surface area (Å²) in [5, 5.41) is 5.07. The number of aromatic nitrogens is 3. The molecule has 0 radical (unpaired) electrons. The van der Waals surface area contributed by atoms with Gasteiger partial charge in [-0.05, 0) is 43.4 Å². The first kappa shape index (κ1) is 20.1. The van der Waals surface area contributed by atoms with Crippen molar-refractivity contribution in [2.45, 2.75) is 37.6 Å². The van der Waals surface area contributed by atoms with Gasteiger partial charge in [0.15, 0.2) is 0 Å². The fourth-order valence-electron chi connectivity index (χ4n) is 4.50. The highest BCUT2D eigenvalue weighted by Gasteiger charge is 2.48. The van der Waals surface area contributed by atoms with Crippen LogP contribution in [-0.2, 0) is 15.5 Å². The number of nitrogens with zero attached hydrogens (tertiary/aromatic N) is 3. The van der Waals surface area contributed by atoms with Crippen LogP contribution in [-0.4, -0.2) is 39.5 Å². The number of rotatable bonds is 6. The normalized spacial score (nSPS) is 21.2. The number of carbonyl (C=O) groups is 2. The van der Waals surface area contributed by atoms with Crippen LogP contribution in [0, 0.1) is 5.92 Å². The van der Waals surface area contributed by atoms with E-state index in [1.54, 1.807) is 12.4 Å². The molecule has 6 rings (SSSR count). The van der Waals surface area contributed by atoms with Gasteiger partial charge >= 0.3 is 5.92 Å². The first-order valence-corrected chi connectivity index (χ1v) is 11.0. The Balaban J connectivity index is 1.34. The number of hydrogen-bond acceptors (Lipinski definition) is 5. The minimum Gasteiger partial charge on any atom is -0.476 e. The molecule has 0 bridgehead atoms. The number of nitrogens with one attached hydrogen (secondary N) is 2. The van der Waals surface area contributed by atoms with Crippen LogP contribution in [0.25, 0.3) is 22.3 Å². The molecule has 1 aromatic carbocycles. The number of amides is 2. The van der Waals surface area contributed by atoms with Crippen molar-refractivity contribution in [1.82, 2.24) is 19.9 Å². The second-order valence-corrected chi connectivity index (χ2v) is 8.86. The Hall–Kier alpha value is -3.56. The second-order valence-electron chi connectivity index (χ2n) is 8.86. The lowest BCUT2D eigenvalue weighted by Crippen LogP contribution is -2.23. The number of hydrogen-bond donors (Lipinski definition) is 2. The maximum atomic E-state index is 14.0. The van der Waals surface area contributed by atoms with Crippen molar-refractivity contribution in [1.29, 1.82) is 0 Å². The summed E-state index contributed by atoms with van der Waals surface area (Å²) in [5.74, 6) is -4.15. The van der Waals surface area contributed by atoms with E-state index in [-0.39, 0.29) is 23.1 Å². The van der Waals surface area contributed by atoms with Crippen LogP contribution in [0.3, 0.4) is 0 Å². The van der Waals surface area contributed by atoms with Gasteiger partial charge in [-0.3, -0.25) is 9.59 Å². The zero-order valence-electron chi connectivity index (χ0n) is 17.6. The Bertz CT molecular complexity index is 1300. The van der Waals surface area contributed by atoms with E-state index in [0.29, 0.717) is 54.7 Å². The molecule has 0 spiro atoms. The van der Waals surface area contributed by atoms with Gasteiger partial charge in [-0.1, -0.05) is 6.07 Å². The average Bonchev–Trinajstić information content (AvgIpc) is 3.33. The van der Waals surface area contributed by atoms with Gasteiger partial charge < -0.3 is 19.9 Å². The van der Waals surface area contributed by atoms with Crippen LogP contribution in [0.5, 0.6) is 5.88 Å². The molecule has 2 aromatic heterocycles. The molecule has 1 saturated carbocycles. The third kappa shape index (κ3) is 3.40. The molecular formula is C23H21F2N5O3. The topological polar surface area (TPSA) is 98.1 Å². The molecule has 0 unspecified atom stereocenters. The van der Waals surface area contributed by atoms with Crippen LogP contribution in [0.4, 0.5) is 14.5 Å². The zero-order chi connectivity index (χ0) is 22.7. The number of alkyl halides is 2. The summed E-state index contributed by atoms with van der Waals surface area (Å²) in [4.78, 5) is 32.3. The summed E-state index contributed by atoms with van der Waals surface area (Å²) in [6, 6.07) is 6.46. The first-order valence-electron chi connectivity index (χ1n) is 11.0. The van der Waals surface area contributed by atoms with E-state index in [2.05, 4.69) is 20.2 Å². The van der Waals surface area contributed by atoms with Crippen molar-refractivity contribution >= 4 is 28.5 Å². The van der Waals surface area contributed by atoms with Gasteiger partial charge in [-0.15, -0.1) is 0 Å². The quantitative estimate of drug-likeness (QED) is 0.596. The minimum atomic E-state index is -3.54. The number of halogens is 2. The van der Waals surface area contributed by atoms with Crippen molar-refractivity contribution in [3.63, 3.8) is 0 Å². The molecule has 3 aromatic rings. The highest BCUT2D eigenvalue weighted by atomic mass is 19.3. The highest BCUT2D eigenvalue weighted by Crippen LogP contribution is 2.43. The third-order valence-electron chi connectivity index (χ3n) is 6.47. The van der Waals surface area contributed by atoms with E-state index < -0.39 is 11.8 Å². The number of anilines is 1. The van der Waals surface area contributed by atoms with Crippen LogP contribution in [0.1, 0.15) is 37.3 Å². The number of imidazole rings is 1. The minimum absolute atomic E-state index is 0.0589. The molecule has 1 aliphatic carbocycles. The van der Waals surface area contributed by atoms with E-state index in [9.17, 15) is 18.4 Å². The van der Waals surface area contributed by atoms with Gasteiger partial charge in [0, 0.05) is 24.6 Å². The summed E-state index contributed by atoms with van der Waals surface area (Å²) in [5.41, 5.74) is 2.34. The molecule has 33 heavy (non-hydrogen) atoms. The first-order chi connectivity index (χ1) is 15.9. The lowest BCUT2D eigenvalue weighted by Gasteiger charge is -2.13. The predicted molar refractivity (Wildman–Crippen MR) is 115 cm³/mol. The number of benzene rings is 1. The molecule has 8 nitrogen and oxygen atoms in total. The SMILES string of the molecule is O=C1C[C@@H](CCOc2nc(-c3ccc4c(c3)NC(=O)C4(F)F)cc3ncn(C4CC4)c23)CN1. The zero-order valence-corrected chi connectivity index (χ0v) is 17.6. The van der Waals surface area contributed by atoms with Gasteiger partial charge in [0.25, 0.3) is 5.91 Å². The predicted octanol–water partition coefficient (Wildman–Crippen LogP) is 3.38. The highest BCUT2D eigenvalue weighted by molar-refractivity contribution is 6.04. The van der Waals surface area contributed by atoms with Crippen LogP contribution >= 0.6 is 0 Å². The van der Waals surface area contributed by atoms with E-state index in [4.69, 9.17) is 9.72 Å². The monoisotopic (exact) mass is 453 g/mol. The molecule has 2 aliphatic heterocycles. The molecule has 2 N–H and O–H groups in total. The molecule has 2 fully saturated rings. The molecule has 2 amide bonds. The fourth-order valence-corrected chi connectivity index (χ4v) is 4.50. The van der Waals surface area contributed by atoms with Gasteiger partial charge in [-0.2, -0.15) is 8.78 Å². The smallest absolute Gasteiger partial charge is 0.352 e. The van der Waals surface area contributed by atoms with E-state index in [1.807, 2.05) is 0 Å². The van der Waals surface area contributed by atoms with E-state index in [0.717, 1.165) is 18.4 Å². The van der Waals surface area contributed by atoms with Crippen molar-refractivity contribution in [2.24, 2.45) is 5.92 Å². The molecule has 10 heteroatoms. The van der Waals surface area contributed by atoms with Crippen molar-refractivity contribution < 1.29 is 23.1 Å². The number of ether oxygens (including phenoxy) is 1. The Kier molecular flexibility index (Phi) is 4.40. The standard InChI is InChI=1S/C23H21F2N5O3/c24-23(25)15-4-1-13(8-17(15)29-22(23)32)16-9-18-20(30(11-27-18)14-2-3-14)21(28-16)33-6-5-12-7-19(31)26-10-12/h1,4,8-9,11-12,14H,2-3,5-7,10H2,(H,26,31)(H,29,32)/t12-/m1/s1. The number of carbonyl (C=O) groups excluding carboxylic acids is 2. The molecular weight excluding hydrogens is 432 g/mol. The molecule has 4 heterocycles. The van der Waals surface area contributed by atoms with Crippen LogP contribution < -0.4 is 15.4 Å². The summed E-state index contributed by atoms with van der Waals surface area (Å²) in [6.45, 7) is 1.05. The van der Waals surface area contributed by atoms with Crippen LogP contribution in [0.2, 0.25) is 0 Å². The van der Waals surface area contributed by atoms with Gasteiger partial charge in [0.05, 0.1) is 35.4 Å². The summed E-state index contributed by atoms with van der Waals surface area (Å²) in [7, 11) is 0. The Labute approximate surface area is 187 Å². The van der Waals surface area contributed by atoms with Crippen molar-refractivity contribution in [3.05, 3.63) is 36.2 Å². The van der Waals surface area contributed by atoms with Gasteiger partial charge in [0.1, 0.15) is 5.52 Å². The Morgan fingerprint density at radius 1 is 1.21 bits per heavy atom. The average molecular weight is 453 g/mol. The Morgan fingerprint density at radius 2 is 2.06 bits per heavy atom. The van der Waals surface area contributed by atoms with Gasteiger partial charge in [-0.25, -0.2) is 9.97 Å². The fraction of sp³-hybridized carbons (Fsp3) is 0.391. The summed E-state index contributed by atoms with van der Waals surface area (Å²) in [6.07, 6.45) is 5.13. The largest absolute Gasteiger partial charge is 0.476 e. The third-order valence-corrected chi connectivity index (χ3v) is 6.47.